The van der Waals surface area contributed by atoms with Crippen LogP contribution in [0, 0.1) is 0 Å². The summed E-state index contributed by atoms with van der Waals surface area (Å²) in [4.78, 5) is 16.1. The van der Waals surface area contributed by atoms with Crippen molar-refractivity contribution in [3.8, 4) is 0 Å². The number of halogens is 5. The molecule has 1 aliphatic rings. The fourth-order valence-electron chi connectivity index (χ4n) is 3.03. The summed E-state index contributed by atoms with van der Waals surface area (Å²) in [6.07, 6.45) is -4.36. The van der Waals surface area contributed by atoms with Crippen molar-refractivity contribution < 1.29 is 18.0 Å². The van der Waals surface area contributed by atoms with Crippen LogP contribution < -0.4 is 10.2 Å². The Hall–Kier alpha value is -1.96. The van der Waals surface area contributed by atoms with Gasteiger partial charge in [0.05, 0.1) is 22.8 Å². The number of rotatable bonds is 4. The monoisotopic (exact) mass is 431 g/mol. The molecule has 1 fully saturated rings. The van der Waals surface area contributed by atoms with E-state index in [1.165, 1.54) is 6.07 Å². The van der Waals surface area contributed by atoms with E-state index in [1.54, 1.807) is 24.3 Å². The van der Waals surface area contributed by atoms with Crippen LogP contribution in [0.25, 0.3) is 0 Å². The Morgan fingerprint density at radius 3 is 2.43 bits per heavy atom. The summed E-state index contributed by atoms with van der Waals surface area (Å²) >= 11 is 12.0. The zero-order valence-corrected chi connectivity index (χ0v) is 16.3. The van der Waals surface area contributed by atoms with Crippen molar-refractivity contribution in [2.24, 2.45) is 0 Å². The van der Waals surface area contributed by atoms with E-state index < -0.39 is 11.7 Å². The number of nitrogens with one attached hydrogen (secondary N) is 1. The predicted octanol–water partition coefficient (Wildman–Crippen LogP) is 4.77. The normalized spacial score (nSPS) is 15.5. The second kappa shape index (κ2) is 8.59. The summed E-state index contributed by atoms with van der Waals surface area (Å²) in [6.45, 7) is 2.36. The van der Waals surface area contributed by atoms with Crippen LogP contribution in [0.5, 0.6) is 0 Å². The van der Waals surface area contributed by atoms with E-state index >= 15 is 0 Å². The zero-order valence-electron chi connectivity index (χ0n) is 14.8. The third-order valence-electron chi connectivity index (χ3n) is 4.48. The number of anilines is 2. The number of benzene rings is 2. The number of alkyl halides is 3. The second-order valence-electron chi connectivity index (χ2n) is 6.48. The highest BCUT2D eigenvalue weighted by molar-refractivity contribution is 6.35. The van der Waals surface area contributed by atoms with Gasteiger partial charge in [-0.15, -0.1) is 0 Å². The van der Waals surface area contributed by atoms with Crippen molar-refractivity contribution in [3.05, 3.63) is 58.1 Å². The second-order valence-corrected chi connectivity index (χ2v) is 7.33. The molecule has 150 valence electrons. The van der Waals surface area contributed by atoms with Gasteiger partial charge in [-0.2, -0.15) is 13.2 Å². The molecule has 4 nitrogen and oxygen atoms in total. The molecule has 0 atom stereocenters. The third kappa shape index (κ3) is 5.31. The summed E-state index contributed by atoms with van der Waals surface area (Å²) in [7, 11) is 0. The van der Waals surface area contributed by atoms with Gasteiger partial charge in [0.15, 0.2) is 0 Å². The van der Waals surface area contributed by atoms with E-state index in [-0.39, 0.29) is 12.5 Å². The molecule has 3 rings (SSSR count). The van der Waals surface area contributed by atoms with Crippen LogP contribution in [0.2, 0.25) is 10.0 Å². The quantitative estimate of drug-likeness (QED) is 0.756. The van der Waals surface area contributed by atoms with Crippen molar-refractivity contribution in [3.63, 3.8) is 0 Å². The molecule has 28 heavy (non-hydrogen) atoms. The van der Waals surface area contributed by atoms with E-state index in [0.717, 1.165) is 12.1 Å². The van der Waals surface area contributed by atoms with Crippen molar-refractivity contribution in [2.45, 2.75) is 6.18 Å². The van der Waals surface area contributed by atoms with Crippen LogP contribution in [0.1, 0.15) is 5.56 Å². The van der Waals surface area contributed by atoms with Gasteiger partial charge in [-0.05, 0) is 36.4 Å². The number of nitrogens with zero attached hydrogens (tertiary/aromatic N) is 2. The van der Waals surface area contributed by atoms with Crippen molar-refractivity contribution in [1.82, 2.24) is 4.90 Å². The molecule has 2 aromatic carbocycles. The molecule has 1 saturated heterocycles. The van der Waals surface area contributed by atoms with Crippen LogP contribution in [0.4, 0.5) is 24.5 Å². The van der Waals surface area contributed by atoms with Gasteiger partial charge in [0.1, 0.15) is 0 Å². The lowest BCUT2D eigenvalue weighted by molar-refractivity contribution is -0.137. The molecule has 1 N–H and O–H groups in total. The Kier molecular flexibility index (Phi) is 6.37. The highest BCUT2D eigenvalue weighted by Crippen LogP contribution is 2.32. The molecule has 2 aromatic rings. The Morgan fingerprint density at radius 2 is 1.75 bits per heavy atom. The average Bonchev–Trinajstić information content (AvgIpc) is 2.65. The van der Waals surface area contributed by atoms with E-state index in [4.69, 9.17) is 23.2 Å². The summed E-state index contributed by atoms with van der Waals surface area (Å²) in [5.74, 6) is -0.225. The number of hydrogen-bond acceptors (Lipinski definition) is 3. The molecule has 1 amide bonds. The Balaban J connectivity index is 1.54. The maximum Gasteiger partial charge on any atom is 0.416 e. The van der Waals surface area contributed by atoms with E-state index in [2.05, 4.69) is 5.32 Å². The predicted molar refractivity (Wildman–Crippen MR) is 105 cm³/mol. The lowest BCUT2D eigenvalue weighted by Crippen LogP contribution is -2.48. The molecular weight excluding hydrogens is 414 g/mol. The van der Waals surface area contributed by atoms with Gasteiger partial charge >= 0.3 is 6.18 Å². The molecule has 0 aliphatic carbocycles. The first-order chi connectivity index (χ1) is 13.2. The fraction of sp³-hybridized carbons (Fsp3) is 0.316. The Bertz CT molecular complexity index is 853. The number of amides is 1. The lowest BCUT2D eigenvalue weighted by Gasteiger charge is -2.36. The average molecular weight is 432 g/mol. The number of carbonyl (C=O) groups is 1. The first-order valence-corrected chi connectivity index (χ1v) is 9.37. The van der Waals surface area contributed by atoms with E-state index in [9.17, 15) is 18.0 Å². The molecule has 1 heterocycles. The summed E-state index contributed by atoms with van der Waals surface area (Å²) in [5.41, 5.74) is 0.316. The maximum atomic E-state index is 12.9. The van der Waals surface area contributed by atoms with Gasteiger partial charge in [0.2, 0.25) is 5.91 Å². The minimum Gasteiger partial charge on any atom is -0.369 e. The minimum atomic E-state index is -4.36. The first kappa shape index (κ1) is 20.8. The standard InChI is InChI=1S/C19H18Cl2F3N3O/c20-14-4-5-16(21)17(11-14)25-18(28)12-26-6-8-27(9-7-26)15-3-1-2-13(10-15)19(22,23)24/h1-5,10-11H,6-9,12H2,(H,25,28). The third-order valence-corrected chi connectivity index (χ3v) is 5.05. The Morgan fingerprint density at radius 1 is 1.04 bits per heavy atom. The molecule has 0 radical (unpaired) electrons. The number of hydrogen-bond donors (Lipinski definition) is 1. The number of piperazine rings is 1. The summed E-state index contributed by atoms with van der Waals surface area (Å²) in [5, 5.41) is 3.59. The summed E-state index contributed by atoms with van der Waals surface area (Å²) < 4.78 is 38.7. The molecular formula is C19H18Cl2F3N3O. The molecule has 0 bridgehead atoms. The van der Waals surface area contributed by atoms with Crippen LogP contribution >= 0.6 is 23.2 Å². The largest absolute Gasteiger partial charge is 0.416 e. The molecule has 0 aromatic heterocycles. The van der Waals surface area contributed by atoms with Crippen molar-refractivity contribution >= 4 is 40.5 Å². The topological polar surface area (TPSA) is 35.6 Å². The van der Waals surface area contributed by atoms with Gasteiger partial charge in [-0.3, -0.25) is 9.69 Å². The minimum absolute atomic E-state index is 0.166. The van der Waals surface area contributed by atoms with Gasteiger partial charge in [0, 0.05) is 36.9 Å². The molecule has 1 aliphatic heterocycles. The zero-order chi connectivity index (χ0) is 20.3. The van der Waals surface area contributed by atoms with Crippen molar-refractivity contribution in [1.29, 1.82) is 0 Å². The molecule has 0 unspecified atom stereocenters. The fourth-order valence-corrected chi connectivity index (χ4v) is 3.37. The van der Waals surface area contributed by atoms with Gasteiger partial charge in [0.25, 0.3) is 0 Å². The van der Waals surface area contributed by atoms with Crippen LogP contribution in [0.3, 0.4) is 0 Å². The summed E-state index contributed by atoms with van der Waals surface area (Å²) in [6, 6.07) is 10.1. The van der Waals surface area contributed by atoms with E-state index in [1.807, 2.05) is 9.80 Å². The highest BCUT2D eigenvalue weighted by atomic mass is 35.5. The van der Waals surface area contributed by atoms with Crippen molar-refractivity contribution in [2.75, 3.05) is 42.9 Å². The SMILES string of the molecule is O=C(CN1CCN(c2cccc(C(F)(F)F)c2)CC1)Nc1cc(Cl)ccc1Cl. The molecule has 0 saturated carbocycles. The Labute approximate surface area is 170 Å². The number of carbonyl (C=O) groups excluding carboxylic acids is 1. The van der Waals surface area contributed by atoms with E-state index in [0.29, 0.717) is 47.6 Å². The van der Waals surface area contributed by atoms with Crippen LogP contribution in [0.15, 0.2) is 42.5 Å². The van der Waals surface area contributed by atoms with Gasteiger partial charge in [-0.1, -0.05) is 29.3 Å². The lowest BCUT2D eigenvalue weighted by atomic mass is 10.1. The highest BCUT2D eigenvalue weighted by Gasteiger charge is 2.31. The smallest absolute Gasteiger partial charge is 0.369 e. The molecule has 9 heteroatoms. The molecule has 0 spiro atoms. The van der Waals surface area contributed by atoms with Crippen LogP contribution in [-0.2, 0) is 11.0 Å². The first-order valence-electron chi connectivity index (χ1n) is 8.62. The van der Waals surface area contributed by atoms with Gasteiger partial charge < -0.3 is 10.2 Å². The maximum absolute atomic E-state index is 12.9. The van der Waals surface area contributed by atoms with Crippen LogP contribution in [-0.4, -0.2) is 43.5 Å². The van der Waals surface area contributed by atoms with Gasteiger partial charge in [-0.25, -0.2) is 0 Å².